The largest absolute Gasteiger partial charge is 0.602 e. The van der Waals surface area contributed by atoms with Gasteiger partial charge in [0, 0.05) is 37.3 Å². The van der Waals surface area contributed by atoms with Crippen molar-refractivity contribution >= 4 is 42.0 Å². The molecule has 39 heavy (non-hydrogen) atoms. The number of fused-ring (bicyclic) bond motifs is 2. The molecular weight excluding hydrogens is 540 g/mol. The van der Waals surface area contributed by atoms with Crippen LogP contribution in [0.1, 0.15) is 5.56 Å². The summed E-state index contributed by atoms with van der Waals surface area (Å²) < 4.78 is 58.0. The molecule has 0 amide bonds. The Labute approximate surface area is 225 Å². The molecule has 3 aliphatic heterocycles. The number of nitrogens with one attached hydrogen (secondary N) is 1. The van der Waals surface area contributed by atoms with Crippen LogP contribution in [0.25, 0.3) is 11.0 Å². The van der Waals surface area contributed by atoms with Gasteiger partial charge in [-0.05, 0) is 42.0 Å². The Balaban J connectivity index is 1.07. The molecule has 3 aliphatic rings. The van der Waals surface area contributed by atoms with Gasteiger partial charge < -0.3 is 19.4 Å². The third kappa shape index (κ3) is 3.59. The molecule has 0 saturated carbocycles. The van der Waals surface area contributed by atoms with Gasteiger partial charge in [-0.15, -0.1) is 0 Å². The predicted octanol–water partition coefficient (Wildman–Crippen LogP) is 2.26. The normalized spacial score (nSPS) is 21.5. The van der Waals surface area contributed by atoms with E-state index in [0.29, 0.717) is 5.56 Å². The summed E-state index contributed by atoms with van der Waals surface area (Å²) in [7, 11) is -8.32. The fourth-order valence-corrected chi connectivity index (χ4v) is 9.93. The van der Waals surface area contributed by atoms with E-state index in [0.717, 1.165) is 53.5 Å². The zero-order valence-electron chi connectivity index (χ0n) is 20.6. The van der Waals surface area contributed by atoms with Gasteiger partial charge in [0.25, 0.3) is 19.9 Å². The molecule has 1 aromatic heterocycles. The van der Waals surface area contributed by atoms with Gasteiger partial charge in [0.15, 0.2) is 5.58 Å². The van der Waals surface area contributed by atoms with Gasteiger partial charge in [0.2, 0.25) is 9.84 Å². The SMILES string of the molecule is O=S1(=O)C2=C([NH+]([O-])N2Cc2ccc(N3CCN(c4cccc5ccoc45)CC3)cc2)S(=O)(=O)c2ccccc21. The van der Waals surface area contributed by atoms with Crippen molar-refractivity contribution in [2.24, 2.45) is 0 Å². The Kier molecular flexibility index (Phi) is 5.33. The van der Waals surface area contributed by atoms with Crippen molar-refractivity contribution in [2.75, 3.05) is 36.0 Å². The van der Waals surface area contributed by atoms with E-state index < -0.39 is 34.9 Å². The lowest BCUT2D eigenvalue weighted by molar-refractivity contribution is -0.950. The first-order chi connectivity index (χ1) is 18.8. The van der Waals surface area contributed by atoms with Gasteiger partial charge in [0.1, 0.15) is 0 Å². The summed E-state index contributed by atoms with van der Waals surface area (Å²) in [5.41, 5.74) is 3.70. The second kappa shape index (κ2) is 8.58. The predicted molar refractivity (Wildman–Crippen MR) is 145 cm³/mol. The van der Waals surface area contributed by atoms with Crippen molar-refractivity contribution < 1.29 is 26.4 Å². The maximum atomic E-state index is 13.2. The van der Waals surface area contributed by atoms with Crippen molar-refractivity contribution in [2.45, 2.75) is 16.3 Å². The molecular formula is C27H24N4O6S2. The molecule has 1 atom stereocenters. The lowest BCUT2D eigenvalue weighted by Gasteiger charge is -2.46. The highest BCUT2D eigenvalue weighted by atomic mass is 32.2. The standard InChI is InChI=1S/C27H24N4O6S2/c32-31-27-26(38(33,34)23-6-1-2-7-24(23)39(27,35)36)30(31)18-19-8-10-21(11-9-19)28-13-15-29(16-14-28)22-5-3-4-20-12-17-37-25(20)22/h1-12,17,31H,13-16,18H2. The Morgan fingerprint density at radius 3 is 2.15 bits per heavy atom. The number of furan rings is 1. The van der Waals surface area contributed by atoms with Gasteiger partial charge >= 0.3 is 0 Å². The van der Waals surface area contributed by atoms with Gasteiger partial charge in [-0.25, -0.2) is 22.0 Å². The van der Waals surface area contributed by atoms with Crippen molar-refractivity contribution in [1.29, 1.82) is 0 Å². The molecule has 200 valence electrons. The maximum Gasteiger partial charge on any atom is 0.293 e. The number of benzene rings is 3. The van der Waals surface area contributed by atoms with E-state index >= 15 is 0 Å². The number of hydrogen-bond acceptors (Lipinski definition) is 9. The summed E-state index contributed by atoms with van der Waals surface area (Å²) in [6.07, 6.45) is 1.71. The summed E-state index contributed by atoms with van der Waals surface area (Å²) in [6.45, 7) is 3.25. The minimum absolute atomic E-state index is 0.0320. The number of rotatable bonds is 4. The molecule has 1 N–H and O–H groups in total. The summed E-state index contributed by atoms with van der Waals surface area (Å²) in [6, 6.07) is 21.1. The number of para-hydroxylation sites is 1. The molecule has 0 bridgehead atoms. The number of hydrogen-bond donors (Lipinski definition) is 1. The van der Waals surface area contributed by atoms with Gasteiger partial charge in [-0.2, -0.15) is 5.01 Å². The maximum absolute atomic E-state index is 13.2. The Hall–Kier alpha value is -3.84. The minimum Gasteiger partial charge on any atom is -0.602 e. The van der Waals surface area contributed by atoms with E-state index in [1.807, 2.05) is 42.5 Å². The van der Waals surface area contributed by atoms with E-state index in [1.165, 1.54) is 24.3 Å². The van der Waals surface area contributed by atoms with Gasteiger partial charge in [0.05, 0.1) is 28.3 Å². The van der Waals surface area contributed by atoms with Crippen LogP contribution in [-0.4, -0.2) is 48.0 Å². The fraction of sp³-hybridized carbons (Fsp3) is 0.185. The van der Waals surface area contributed by atoms with Gasteiger partial charge in [-0.3, -0.25) is 0 Å². The van der Waals surface area contributed by atoms with E-state index in [1.54, 1.807) is 6.26 Å². The lowest BCUT2D eigenvalue weighted by Crippen LogP contribution is -3.18. The Bertz CT molecular complexity index is 1860. The van der Waals surface area contributed by atoms with Crippen molar-refractivity contribution in [3.8, 4) is 0 Å². The number of sulfone groups is 2. The zero-order valence-corrected chi connectivity index (χ0v) is 22.3. The molecule has 10 nitrogen and oxygen atoms in total. The number of anilines is 2. The van der Waals surface area contributed by atoms with Crippen LogP contribution in [0.3, 0.4) is 0 Å². The van der Waals surface area contributed by atoms with Crippen LogP contribution >= 0.6 is 0 Å². The van der Waals surface area contributed by atoms with E-state index in [4.69, 9.17) is 4.42 Å². The molecule has 0 spiro atoms. The Morgan fingerprint density at radius 2 is 1.44 bits per heavy atom. The summed E-state index contributed by atoms with van der Waals surface area (Å²) in [5.74, 6) is 0. The van der Waals surface area contributed by atoms with Crippen LogP contribution in [0, 0.1) is 5.21 Å². The first-order valence-electron chi connectivity index (χ1n) is 12.5. The van der Waals surface area contributed by atoms with Crippen molar-refractivity contribution in [1.82, 2.24) is 5.01 Å². The third-order valence-corrected chi connectivity index (χ3v) is 11.5. The van der Waals surface area contributed by atoms with Crippen LogP contribution in [-0.2, 0) is 26.2 Å². The molecule has 4 heterocycles. The molecule has 1 fully saturated rings. The van der Waals surface area contributed by atoms with Crippen molar-refractivity contribution in [3.05, 3.63) is 99.9 Å². The van der Waals surface area contributed by atoms with E-state index in [-0.39, 0.29) is 16.3 Å². The Morgan fingerprint density at radius 1 is 0.769 bits per heavy atom. The highest BCUT2D eigenvalue weighted by molar-refractivity contribution is 8.01. The summed E-state index contributed by atoms with van der Waals surface area (Å²) in [5, 5.41) is 13.1. The minimum atomic E-state index is -4.19. The molecule has 0 aliphatic carbocycles. The summed E-state index contributed by atoms with van der Waals surface area (Å²) >= 11 is 0. The molecule has 7 rings (SSSR count). The quantitative estimate of drug-likeness (QED) is 0.373. The second-order valence-electron chi connectivity index (χ2n) is 9.74. The third-order valence-electron chi connectivity index (χ3n) is 7.55. The smallest absolute Gasteiger partial charge is 0.293 e. The molecule has 1 unspecified atom stereocenters. The van der Waals surface area contributed by atoms with Crippen LogP contribution in [0.5, 0.6) is 0 Å². The molecule has 1 saturated heterocycles. The number of piperazine rings is 1. The number of hydroxylamine groups is 1. The van der Waals surface area contributed by atoms with Crippen LogP contribution in [0.2, 0.25) is 0 Å². The second-order valence-corrected chi connectivity index (χ2v) is 13.4. The molecule has 3 aromatic carbocycles. The number of nitrogens with zero attached hydrogens (tertiary/aromatic N) is 3. The lowest BCUT2D eigenvalue weighted by atomic mass is 10.1. The number of quaternary nitrogens is 1. The topological polar surface area (TPSA) is 119 Å². The molecule has 0 radical (unpaired) electrons. The highest BCUT2D eigenvalue weighted by Gasteiger charge is 2.57. The average molecular weight is 565 g/mol. The highest BCUT2D eigenvalue weighted by Crippen LogP contribution is 2.40. The van der Waals surface area contributed by atoms with E-state index in [9.17, 15) is 22.0 Å². The van der Waals surface area contributed by atoms with Crippen LogP contribution < -0.4 is 15.0 Å². The van der Waals surface area contributed by atoms with Crippen LogP contribution in [0.4, 0.5) is 11.4 Å². The average Bonchev–Trinajstić information content (AvgIpc) is 3.43. The summed E-state index contributed by atoms with van der Waals surface area (Å²) in [4.78, 5) is 3.95. The molecule has 4 aromatic rings. The van der Waals surface area contributed by atoms with E-state index in [2.05, 4.69) is 15.9 Å². The van der Waals surface area contributed by atoms with Gasteiger partial charge in [-0.1, -0.05) is 36.4 Å². The monoisotopic (exact) mass is 564 g/mol. The van der Waals surface area contributed by atoms with Crippen molar-refractivity contribution in [3.63, 3.8) is 0 Å². The first-order valence-corrected chi connectivity index (χ1v) is 15.4. The van der Waals surface area contributed by atoms with Crippen LogP contribution in [0.15, 0.2) is 103 Å². The zero-order chi connectivity index (χ0) is 26.9. The fourth-order valence-electron chi connectivity index (χ4n) is 5.55. The molecule has 12 heteroatoms. The first kappa shape index (κ1) is 24.2.